The summed E-state index contributed by atoms with van der Waals surface area (Å²) in [7, 11) is 0. The second-order valence-corrected chi connectivity index (χ2v) is 7.36. The number of alkyl halides is 3. The highest BCUT2D eigenvalue weighted by Crippen LogP contribution is 2.34. The SMILES string of the molecule is Cc1ccc(C(=O)Nc2ccc(C#N)c(C(F)(F)F)c2)cc1-c1ccc2nc(N)ncc2c1. The summed E-state index contributed by atoms with van der Waals surface area (Å²) in [4.78, 5) is 20.9. The highest BCUT2D eigenvalue weighted by Gasteiger charge is 2.34. The number of hydrogen-bond donors (Lipinski definition) is 2. The van der Waals surface area contributed by atoms with Crippen LogP contribution in [-0.2, 0) is 6.18 Å². The van der Waals surface area contributed by atoms with E-state index in [-0.39, 0.29) is 17.2 Å². The van der Waals surface area contributed by atoms with E-state index >= 15 is 0 Å². The molecule has 0 bridgehead atoms. The predicted octanol–water partition coefficient (Wildman–Crippen LogP) is 5.33. The van der Waals surface area contributed by atoms with Crippen molar-refractivity contribution >= 4 is 28.4 Å². The second kappa shape index (κ2) is 8.24. The number of carbonyl (C=O) groups excluding carboxylic acids is 1. The standard InChI is InChI=1S/C24H16F3N5O/c1-13-2-3-15(9-19(13)14-5-7-21-17(8-14)12-30-23(29)32-21)22(33)31-18-6-4-16(11-28)20(10-18)24(25,26)27/h2-10,12H,1H3,(H,31,33)(H2,29,30,32). The number of rotatable bonds is 3. The Hall–Kier alpha value is -4.45. The molecule has 0 radical (unpaired) electrons. The molecule has 0 saturated heterocycles. The summed E-state index contributed by atoms with van der Waals surface area (Å²) in [5.74, 6) is -0.410. The van der Waals surface area contributed by atoms with E-state index in [1.54, 1.807) is 30.5 Å². The number of amides is 1. The first-order chi connectivity index (χ1) is 15.7. The van der Waals surface area contributed by atoms with E-state index < -0.39 is 23.2 Å². The van der Waals surface area contributed by atoms with Gasteiger partial charge in [0.1, 0.15) is 0 Å². The van der Waals surface area contributed by atoms with Gasteiger partial charge in [-0.3, -0.25) is 4.79 Å². The van der Waals surface area contributed by atoms with Crippen molar-refractivity contribution in [3.63, 3.8) is 0 Å². The van der Waals surface area contributed by atoms with Crippen LogP contribution in [0.3, 0.4) is 0 Å². The molecule has 33 heavy (non-hydrogen) atoms. The molecule has 3 aromatic carbocycles. The Bertz CT molecular complexity index is 1440. The minimum atomic E-state index is -4.71. The van der Waals surface area contributed by atoms with Crippen LogP contribution in [0.2, 0.25) is 0 Å². The number of fused-ring (bicyclic) bond motifs is 1. The zero-order valence-corrected chi connectivity index (χ0v) is 17.2. The molecule has 0 aliphatic carbocycles. The van der Waals surface area contributed by atoms with Crippen molar-refractivity contribution in [1.82, 2.24) is 9.97 Å². The summed E-state index contributed by atoms with van der Waals surface area (Å²) in [6.07, 6.45) is -3.11. The number of nitrogens with one attached hydrogen (secondary N) is 1. The number of benzene rings is 3. The average Bonchev–Trinajstić information content (AvgIpc) is 2.78. The van der Waals surface area contributed by atoms with E-state index in [0.29, 0.717) is 5.52 Å². The van der Waals surface area contributed by atoms with Crippen molar-refractivity contribution in [2.45, 2.75) is 13.1 Å². The van der Waals surface area contributed by atoms with Crippen LogP contribution in [-0.4, -0.2) is 15.9 Å². The quantitative estimate of drug-likeness (QED) is 0.442. The molecule has 1 aromatic heterocycles. The van der Waals surface area contributed by atoms with E-state index in [2.05, 4.69) is 15.3 Å². The maximum atomic E-state index is 13.2. The van der Waals surface area contributed by atoms with Gasteiger partial charge >= 0.3 is 6.18 Å². The fourth-order valence-electron chi connectivity index (χ4n) is 3.45. The number of nitrogens with zero attached hydrogens (tertiary/aromatic N) is 3. The lowest BCUT2D eigenvalue weighted by Crippen LogP contribution is -2.14. The van der Waals surface area contributed by atoms with E-state index in [1.165, 1.54) is 12.1 Å². The molecule has 1 amide bonds. The number of aromatic nitrogens is 2. The van der Waals surface area contributed by atoms with Gasteiger partial charge in [0.05, 0.1) is 22.7 Å². The molecule has 0 saturated carbocycles. The van der Waals surface area contributed by atoms with Crippen LogP contribution >= 0.6 is 0 Å². The van der Waals surface area contributed by atoms with Gasteiger partial charge in [-0.05, 0) is 66.1 Å². The van der Waals surface area contributed by atoms with Crippen LogP contribution < -0.4 is 11.1 Å². The van der Waals surface area contributed by atoms with Gasteiger partial charge in [-0.25, -0.2) is 9.97 Å². The highest BCUT2D eigenvalue weighted by atomic mass is 19.4. The van der Waals surface area contributed by atoms with Crippen molar-refractivity contribution in [1.29, 1.82) is 5.26 Å². The third-order valence-electron chi connectivity index (χ3n) is 5.11. The van der Waals surface area contributed by atoms with Crippen LogP contribution in [0, 0.1) is 18.3 Å². The molecule has 0 spiro atoms. The van der Waals surface area contributed by atoms with E-state index in [9.17, 15) is 18.0 Å². The number of aryl methyl sites for hydroxylation is 1. The van der Waals surface area contributed by atoms with Gasteiger partial charge in [0.25, 0.3) is 5.91 Å². The lowest BCUT2D eigenvalue weighted by Gasteiger charge is -2.13. The smallest absolute Gasteiger partial charge is 0.368 e. The Balaban J connectivity index is 1.66. The lowest BCUT2D eigenvalue weighted by molar-refractivity contribution is -0.137. The third kappa shape index (κ3) is 4.45. The Morgan fingerprint density at radius 2 is 1.88 bits per heavy atom. The fraction of sp³-hybridized carbons (Fsp3) is 0.0833. The molecule has 0 aliphatic rings. The summed E-state index contributed by atoms with van der Waals surface area (Å²) in [6, 6.07) is 15.1. The summed E-state index contributed by atoms with van der Waals surface area (Å²) >= 11 is 0. The van der Waals surface area contributed by atoms with E-state index in [4.69, 9.17) is 11.0 Å². The zero-order chi connectivity index (χ0) is 23.8. The molecule has 0 fully saturated rings. The molecule has 1 heterocycles. The highest BCUT2D eigenvalue weighted by molar-refractivity contribution is 6.05. The first-order valence-electron chi connectivity index (χ1n) is 9.72. The predicted molar refractivity (Wildman–Crippen MR) is 118 cm³/mol. The molecule has 0 unspecified atom stereocenters. The minimum Gasteiger partial charge on any atom is -0.368 e. The summed E-state index contributed by atoms with van der Waals surface area (Å²) in [5, 5.41) is 12.2. The van der Waals surface area contributed by atoms with E-state index in [0.717, 1.165) is 34.2 Å². The molecule has 0 aliphatic heterocycles. The molecule has 4 aromatic rings. The Labute approximate surface area is 186 Å². The average molecular weight is 447 g/mol. The molecule has 164 valence electrons. The number of carbonyl (C=O) groups is 1. The molecule has 0 atom stereocenters. The van der Waals surface area contributed by atoms with Crippen LogP contribution in [0.4, 0.5) is 24.8 Å². The van der Waals surface area contributed by atoms with Crippen molar-refractivity contribution in [3.8, 4) is 17.2 Å². The summed E-state index contributed by atoms with van der Waals surface area (Å²) in [5.41, 5.74) is 7.38. The van der Waals surface area contributed by atoms with Gasteiger partial charge in [-0.15, -0.1) is 0 Å². The number of nitrogen functional groups attached to an aromatic ring is 1. The Morgan fingerprint density at radius 1 is 1.09 bits per heavy atom. The number of hydrogen-bond acceptors (Lipinski definition) is 5. The normalized spacial score (nSPS) is 11.2. The first kappa shape index (κ1) is 21.8. The maximum Gasteiger partial charge on any atom is 0.417 e. The molecule has 4 rings (SSSR count). The zero-order valence-electron chi connectivity index (χ0n) is 17.2. The number of nitriles is 1. The van der Waals surface area contributed by atoms with Gasteiger partial charge in [0.2, 0.25) is 5.95 Å². The number of anilines is 2. The fourth-order valence-corrected chi connectivity index (χ4v) is 3.45. The molecular formula is C24H16F3N5O. The third-order valence-corrected chi connectivity index (χ3v) is 5.11. The summed E-state index contributed by atoms with van der Waals surface area (Å²) in [6.45, 7) is 1.89. The van der Waals surface area contributed by atoms with Crippen LogP contribution in [0.25, 0.3) is 22.0 Å². The topological polar surface area (TPSA) is 105 Å². The van der Waals surface area contributed by atoms with Crippen molar-refractivity contribution in [2.24, 2.45) is 0 Å². The van der Waals surface area contributed by atoms with Crippen molar-refractivity contribution in [2.75, 3.05) is 11.1 Å². The molecule has 6 nitrogen and oxygen atoms in total. The number of halogens is 3. The monoisotopic (exact) mass is 447 g/mol. The van der Waals surface area contributed by atoms with Gasteiger partial charge < -0.3 is 11.1 Å². The van der Waals surface area contributed by atoms with Crippen LogP contribution in [0.1, 0.15) is 27.0 Å². The lowest BCUT2D eigenvalue weighted by atomic mass is 9.97. The minimum absolute atomic E-state index is 0.0612. The molecule has 3 N–H and O–H groups in total. The largest absolute Gasteiger partial charge is 0.417 e. The van der Waals surface area contributed by atoms with Crippen molar-refractivity contribution < 1.29 is 18.0 Å². The Morgan fingerprint density at radius 3 is 2.61 bits per heavy atom. The van der Waals surface area contributed by atoms with Crippen LogP contribution in [0.15, 0.2) is 60.8 Å². The number of nitrogens with two attached hydrogens (primary N) is 1. The first-order valence-corrected chi connectivity index (χ1v) is 9.72. The van der Waals surface area contributed by atoms with Gasteiger partial charge in [-0.2, -0.15) is 18.4 Å². The Kier molecular flexibility index (Phi) is 5.44. The summed E-state index contributed by atoms with van der Waals surface area (Å²) < 4.78 is 39.6. The molecule has 9 heteroatoms. The van der Waals surface area contributed by atoms with Gasteiger partial charge in [0.15, 0.2) is 0 Å². The molecular weight excluding hydrogens is 431 g/mol. The van der Waals surface area contributed by atoms with E-state index in [1.807, 2.05) is 19.1 Å². The second-order valence-electron chi connectivity index (χ2n) is 7.36. The van der Waals surface area contributed by atoms with Gasteiger partial charge in [-0.1, -0.05) is 12.1 Å². The maximum absolute atomic E-state index is 13.2. The van der Waals surface area contributed by atoms with Crippen molar-refractivity contribution in [3.05, 3.63) is 83.0 Å². The van der Waals surface area contributed by atoms with Gasteiger partial charge in [0, 0.05) is 22.8 Å². The van der Waals surface area contributed by atoms with Crippen LogP contribution in [0.5, 0.6) is 0 Å².